The summed E-state index contributed by atoms with van der Waals surface area (Å²) in [5, 5.41) is 15.7. The summed E-state index contributed by atoms with van der Waals surface area (Å²) >= 11 is 0. The molecule has 3 aromatic carbocycles. The monoisotopic (exact) mass is 472 g/mol. The molecule has 3 rings (SSSR count). The van der Waals surface area contributed by atoms with Gasteiger partial charge in [-0.25, -0.2) is 5.43 Å². The van der Waals surface area contributed by atoms with Crippen LogP contribution >= 0.6 is 0 Å². The fourth-order valence-corrected chi connectivity index (χ4v) is 3.10. The van der Waals surface area contributed by atoms with Gasteiger partial charge < -0.3 is 19.5 Å². The van der Waals surface area contributed by atoms with E-state index in [1.54, 1.807) is 54.6 Å². The van der Waals surface area contributed by atoms with E-state index in [-0.39, 0.29) is 6.61 Å². The lowest BCUT2D eigenvalue weighted by Crippen LogP contribution is -2.24. The van der Waals surface area contributed by atoms with E-state index in [9.17, 15) is 14.9 Å². The normalized spacial score (nSPS) is 10.3. The molecular formula is C26H24N4O5. The molecular weight excluding hydrogens is 448 g/mol. The lowest BCUT2D eigenvalue weighted by atomic mass is 10.1. The average molecular weight is 473 g/mol. The minimum atomic E-state index is -0.572. The molecule has 0 aliphatic rings. The number of nitriles is 1. The standard InChI is InChI=1S/C26H24N4O5/c1-33-22-10-6-5-9-21(22)29-25(31)14-26(32)30-28-16-18-11-12-23(24(13-18)34-2)35-17-20-8-4-3-7-19(20)15-27/h3-13,16H,14,17H2,1-2H3,(H,29,31)(H,30,32). The Morgan fingerprint density at radius 1 is 0.943 bits per heavy atom. The first-order valence-corrected chi connectivity index (χ1v) is 10.6. The number of para-hydroxylation sites is 2. The van der Waals surface area contributed by atoms with E-state index in [0.29, 0.717) is 34.1 Å². The third-order valence-corrected chi connectivity index (χ3v) is 4.81. The molecule has 0 spiro atoms. The number of benzene rings is 3. The maximum Gasteiger partial charge on any atom is 0.249 e. The van der Waals surface area contributed by atoms with Crippen molar-refractivity contribution in [2.24, 2.45) is 5.10 Å². The van der Waals surface area contributed by atoms with Crippen molar-refractivity contribution in [2.75, 3.05) is 19.5 Å². The Morgan fingerprint density at radius 2 is 1.69 bits per heavy atom. The van der Waals surface area contributed by atoms with E-state index in [2.05, 4.69) is 21.9 Å². The molecule has 9 nitrogen and oxygen atoms in total. The number of ether oxygens (including phenoxy) is 3. The Kier molecular flexibility index (Phi) is 8.79. The van der Waals surface area contributed by atoms with Crippen LogP contribution in [-0.4, -0.2) is 32.2 Å². The summed E-state index contributed by atoms with van der Waals surface area (Å²) in [4.78, 5) is 24.2. The lowest BCUT2D eigenvalue weighted by molar-refractivity contribution is -0.126. The van der Waals surface area contributed by atoms with Gasteiger partial charge in [0.15, 0.2) is 11.5 Å². The highest BCUT2D eigenvalue weighted by molar-refractivity contribution is 6.04. The van der Waals surface area contributed by atoms with E-state index in [1.807, 2.05) is 12.1 Å². The molecule has 0 saturated heterocycles. The van der Waals surface area contributed by atoms with Crippen LogP contribution in [0.2, 0.25) is 0 Å². The van der Waals surface area contributed by atoms with Gasteiger partial charge in [-0.3, -0.25) is 9.59 Å². The minimum Gasteiger partial charge on any atom is -0.495 e. The highest BCUT2D eigenvalue weighted by Gasteiger charge is 2.12. The molecule has 2 amide bonds. The van der Waals surface area contributed by atoms with Gasteiger partial charge in [0.2, 0.25) is 11.8 Å². The summed E-state index contributed by atoms with van der Waals surface area (Å²) in [5.41, 5.74) is 4.75. The Morgan fingerprint density at radius 3 is 2.46 bits per heavy atom. The van der Waals surface area contributed by atoms with Crippen LogP contribution in [0.5, 0.6) is 17.2 Å². The summed E-state index contributed by atoms with van der Waals surface area (Å²) in [5.74, 6) is 0.385. The lowest BCUT2D eigenvalue weighted by Gasteiger charge is -2.12. The van der Waals surface area contributed by atoms with Gasteiger partial charge >= 0.3 is 0 Å². The summed E-state index contributed by atoms with van der Waals surface area (Å²) in [7, 11) is 3.00. The minimum absolute atomic E-state index is 0.209. The van der Waals surface area contributed by atoms with Gasteiger partial charge in [0.25, 0.3) is 0 Å². The van der Waals surface area contributed by atoms with E-state index < -0.39 is 18.2 Å². The zero-order chi connectivity index (χ0) is 25.0. The predicted molar refractivity (Wildman–Crippen MR) is 130 cm³/mol. The van der Waals surface area contributed by atoms with Crippen molar-refractivity contribution in [2.45, 2.75) is 13.0 Å². The van der Waals surface area contributed by atoms with Gasteiger partial charge in [-0.2, -0.15) is 10.4 Å². The Bertz CT molecular complexity index is 1270. The van der Waals surface area contributed by atoms with Crippen molar-refractivity contribution in [1.82, 2.24) is 5.43 Å². The molecule has 0 saturated carbocycles. The third-order valence-electron chi connectivity index (χ3n) is 4.81. The zero-order valence-corrected chi connectivity index (χ0v) is 19.3. The molecule has 0 aliphatic carbocycles. The number of amides is 2. The predicted octanol–water partition coefficient (Wildman–Crippen LogP) is 3.63. The average Bonchev–Trinajstić information content (AvgIpc) is 2.88. The van der Waals surface area contributed by atoms with Crippen LogP contribution in [0.4, 0.5) is 5.69 Å². The first kappa shape index (κ1) is 24.8. The van der Waals surface area contributed by atoms with Gasteiger partial charge in [-0.1, -0.05) is 30.3 Å². The molecule has 3 aromatic rings. The maximum atomic E-state index is 12.1. The van der Waals surface area contributed by atoms with Crippen LogP contribution in [0.25, 0.3) is 0 Å². The SMILES string of the molecule is COc1ccccc1NC(=O)CC(=O)NN=Cc1ccc(OCc2ccccc2C#N)c(OC)c1. The number of hydrazone groups is 1. The van der Waals surface area contributed by atoms with Crippen molar-refractivity contribution >= 4 is 23.7 Å². The molecule has 0 bridgehead atoms. The fourth-order valence-electron chi connectivity index (χ4n) is 3.10. The third kappa shape index (κ3) is 7.07. The molecule has 0 atom stereocenters. The number of nitrogens with zero attached hydrogens (tertiary/aromatic N) is 2. The Balaban J connectivity index is 1.54. The molecule has 2 N–H and O–H groups in total. The second-order valence-corrected chi connectivity index (χ2v) is 7.19. The Labute approximate surface area is 202 Å². The molecule has 0 radical (unpaired) electrons. The summed E-state index contributed by atoms with van der Waals surface area (Å²) in [6, 6.07) is 21.4. The van der Waals surface area contributed by atoms with Crippen LogP contribution in [0.3, 0.4) is 0 Å². The number of hydrogen-bond donors (Lipinski definition) is 2. The quantitative estimate of drug-likeness (QED) is 0.264. The van der Waals surface area contributed by atoms with Gasteiger partial charge in [0.05, 0.1) is 37.8 Å². The van der Waals surface area contributed by atoms with Gasteiger partial charge in [-0.05, 0) is 42.0 Å². The highest BCUT2D eigenvalue weighted by Crippen LogP contribution is 2.28. The largest absolute Gasteiger partial charge is 0.495 e. The first-order chi connectivity index (χ1) is 17.0. The Hall–Kier alpha value is -4.84. The van der Waals surface area contributed by atoms with E-state index in [0.717, 1.165) is 5.56 Å². The molecule has 0 fully saturated rings. The molecule has 0 unspecified atom stereocenters. The second-order valence-electron chi connectivity index (χ2n) is 7.19. The van der Waals surface area contributed by atoms with E-state index in [4.69, 9.17) is 14.2 Å². The first-order valence-electron chi connectivity index (χ1n) is 10.6. The van der Waals surface area contributed by atoms with Crippen molar-refractivity contribution in [3.63, 3.8) is 0 Å². The molecule has 0 aliphatic heterocycles. The molecule has 35 heavy (non-hydrogen) atoms. The van der Waals surface area contributed by atoms with Crippen LogP contribution < -0.4 is 25.0 Å². The van der Waals surface area contributed by atoms with E-state index >= 15 is 0 Å². The van der Waals surface area contributed by atoms with Crippen LogP contribution in [0.15, 0.2) is 71.8 Å². The number of carbonyl (C=O) groups is 2. The maximum absolute atomic E-state index is 12.1. The number of anilines is 1. The summed E-state index contributed by atoms with van der Waals surface area (Å²) < 4.78 is 16.4. The smallest absolute Gasteiger partial charge is 0.249 e. The highest BCUT2D eigenvalue weighted by atomic mass is 16.5. The number of methoxy groups -OCH3 is 2. The topological polar surface area (TPSA) is 122 Å². The van der Waals surface area contributed by atoms with Gasteiger partial charge in [0, 0.05) is 5.56 Å². The number of nitrogens with one attached hydrogen (secondary N) is 2. The number of carbonyl (C=O) groups excluding carboxylic acids is 2. The van der Waals surface area contributed by atoms with Crippen molar-refractivity contribution < 1.29 is 23.8 Å². The summed E-state index contributed by atoms with van der Waals surface area (Å²) in [6.07, 6.45) is 1.02. The number of rotatable bonds is 10. The molecule has 9 heteroatoms. The van der Waals surface area contributed by atoms with Crippen molar-refractivity contribution in [1.29, 1.82) is 5.26 Å². The van der Waals surface area contributed by atoms with Gasteiger partial charge in [-0.15, -0.1) is 0 Å². The van der Waals surface area contributed by atoms with Crippen LogP contribution in [0.1, 0.15) is 23.1 Å². The molecule has 0 heterocycles. The van der Waals surface area contributed by atoms with E-state index in [1.165, 1.54) is 20.4 Å². The van der Waals surface area contributed by atoms with Crippen LogP contribution in [0, 0.1) is 11.3 Å². The fraction of sp³-hybridized carbons (Fsp3) is 0.154. The second kappa shape index (κ2) is 12.4. The molecule has 0 aromatic heterocycles. The van der Waals surface area contributed by atoms with Gasteiger partial charge in [0.1, 0.15) is 18.8 Å². The van der Waals surface area contributed by atoms with Crippen molar-refractivity contribution in [3.8, 4) is 23.3 Å². The number of hydrogen-bond acceptors (Lipinski definition) is 7. The summed E-state index contributed by atoms with van der Waals surface area (Å²) in [6.45, 7) is 0.209. The zero-order valence-electron chi connectivity index (χ0n) is 19.3. The van der Waals surface area contributed by atoms with Crippen molar-refractivity contribution in [3.05, 3.63) is 83.4 Å². The molecule has 178 valence electrons. The van der Waals surface area contributed by atoms with Crippen LogP contribution in [-0.2, 0) is 16.2 Å².